The van der Waals surface area contributed by atoms with E-state index < -0.39 is 5.41 Å². The molecule has 2 aromatic rings. The van der Waals surface area contributed by atoms with Crippen molar-refractivity contribution in [2.45, 2.75) is 19.4 Å². The fraction of sp³-hybridized carbons (Fsp3) is 0.391. The van der Waals surface area contributed by atoms with Gasteiger partial charge in [0.1, 0.15) is 5.41 Å². The Labute approximate surface area is 191 Å². The van der Waals surface area contributed by atoms with Crippen LogP contribution in [0.2, 0.25) is 10.0 Å². The second-order valence-corrected chi connectivity index (χ2v) is 9.31. The molecule has 31 heavy (non-hydrogen) atoms. The molecule has 1 fully saturated rings. The van der Waals surface area contributed by atoms with Gasteiger partial charge in [-0.2, -0.15) is 10.1 Å². The molecule has 0 unspecified atom stereocenters. The van der Waals surface area contributed by atoms with E-state index in [2.05, 4.69) is 9.80 Å². The van der Waals surface area contributed by atoms with Gasteiger partial charge in [-0.05, 0) is 55.3 Å². The number of anilines is 2. The molecular formula is C23H24Cl2N4O2. The van der Waals surface area contributed by atoms with Crippen molar-refractivity contribution in [2.24, 2.45) is 10.5 Å². The van der Waals surface area contributed by atoms with Gasteiger partial charge in [-0.15, -0.1) is 0 Å². The highest BCUT2D eigenvalue weighted by molar-refractivity contribution is 6.31. The Hall–Kier alpha value is -2.12. The van der Waals surface area contributed by atoms with Gasteiger partial charge < -0.3 is 10.0 Å². The third-order valence-corrected chi connectivity index (χ3v) is 7.30. The number of amides is 1. The van der Waals surface area contributed by atoms with Crippen molar-refractivity contribution < 1.29 is 9.90 Å². The summed E-state index contributed by atoms with van der Waals surface area (Å²) in [5.74, 6) is -0.0197. The summed E-state index contributed by atoms with van der Waals surface area (Å²) in [7, 11) is 0. The number of benzene rings is 2. The molecule has 1 spiro atoms. The summed E-state index contributed by atoms with van der Waals surface area (Å²) in [5, 5.41) is 17.1. The van der Waals surface area contributed by atoms with E-state index in [0.717, 1.165) is 30.1 Å². The standard InChI is InChI=1S/C23H24Cl2N4O2/c1-15-23(22(31)29(26-15)19-6-4-17(24)5-7-19)13-16-2-3-18(25)12-20(16)28-9-8-27(10-11-30)14-21(23)28/h2-7,12,21,30H,8-11,13-14H2,1H3/t21-,23-/m1/s1. The Morgan fingerprint density at radius 3 is 2.61 bits per heavy atom. The van der Waals surface area contributed by atoms with Crippen LogP contribution in [0.5, 0.6) is 0 Å². The Bertz CT molecular complexity index is 1060. The summed E-state index contributed by atoms with van der Waals surface area (Å²) in [4.78, 5) is 18.6. The highest BCUT2D eigenvalue weighted by Crippen LogP contribution is 2.48. The topological polar surface area (TPSA) is 59.4 Å². The van der Waals surface area contributed by atoms with Crippen LogP contribution in [0.3, 0.4) is 0 Å². The van der Waals surface area contributed by atoms with E-state index in [1.807, 2.05) is 37.3 Å². The van der Waals surface area contributed by atoms with Crippen LogP contribution < -0.4 is 9.91 Å². The van der Waals surface area contributed by atoms with Gasteiger partial charge in [0.25, 0.3) is 5.91 Å². The molecule has 0 aliphatic carbocycles. The number of carbonyl (C=O) groups excluding carboxylic acids is 1. The van der Waals surface area contributed by atoms with Crippen LogP contribution in [0.1, 0.15) is 12.5 Å². The number of hydrogen-bond donors (Lipinski definition) is 1. The summed E-state index contributed by atoms with van der Waals surface area (Å²) in [6.07, 6.45) is 0.575. The van der Waals surface area contributed by atoms with Gasteiger partial charge in [-0.25, -0.2) is 0 Å². The molecule has 0 saturated carbocycles. The Morgan fingerprint density at radius 2 is 1.87 bits per heavy atom. The third-order valence-electron chi connectivity index (χ3n) is 6.82. The predicted octanol–water partition coefficient (Wildman–Crippen LogP) is 3.44. The van der Waals surface area contributed by atoms with E-state index in [9.17, 15) is 9.90 Å². The molecule has 0 radical (unpaired) electrons. The number of carbonyl (C=O) groups is 1. The fourth-order valence-electron chi connectivity index (χ4n) is 5.24. The van der Waals surface area contributed by atoms with Crippen LogP contribution in [0.4, 0.5) is 11.4 Å². The van der Waals surface area contributed by atoms with Crippen LogP contribution in [0.15, 0.2) is 47.6 Å². The number of hydrazone groups is 1. The minimum Gasteiger partial charge on any atom is -0.395 e. The van der Waals surface area contributed by atoms with Crippen LogP contribution in [0, 0.1) is 5.41 Å². The summed E-state index contributed by atoms with van der Waals surface area (Å²) >= 11 is 12.4. The lowest BCUT2D eigenvalue weighted by Crippen LogP contribution is -2.67. The van der Waals surface area contributed by atoms with Crippen LogP contribution >= 0.6 is 23.2 Å². The first-order chi connectivity index (χ1) is 14.9. The Kier molecular flexibility index (Phi) is 5.21. The van der Waals surface area contributed by atoms with Crippen molar-refractivity contribution in [3.8, 4) is 0 Å². The first-order valence-corrected chi connectivity index (χ1v) is 11.2. The Morgan fingerprint density at radius 1 is 1.13 bits per heavy atom. The number of rotatable bonds is 3. The molecule has 3 heterocycles. The number of aliphatic hydroxyl groups excluding tert-OH is 1. The Balaban J connectivity index is 1.60. The normalized spacial score (nSPS) is 25.6. The zero-order valence-corrected chi connectivity index (χ0v) is 18.8. The molecule has 1 amide bonds. The molecule has 162 valence electrons. The molecule has 0 bridgehead atoms. The highest BCUT2D eigenvalue weighted by atomic mass is 35.5. The fourth-order valence-corrected chi connectivity index (χ4v) is 5.53. The van der Waals surface area contributed by atoms with Gasteiger partial charge in [-0.3, -0.25) is 9.69 Å². The molecule has 6 nitrogen and oxygen atoms in total. The third kappa shape index (κ3) is 3.24. The molecule has 1 saturated heterocycles. The van der Waals surface area contributed by atoms with E-state index >= 15 is 0 Å². The molecule has 3 aliphatic rings. The van der Waals surface area contributed by atoms with Gasteiger partial charge in [-0.1, -0.05) is 29.3 Å². The van der Waals surface area contributed by atoms with Crippen molar-refractivity contribution >= 4 is 46.2 Å². The van der Waals surface area contributed by atoms with Crippen molar-refractivity contribution in [2.75, 3.05) is 42.7 Å². The van der Waals surface area contributed by atoms with Gasteiger partial charge in [0.15, 0.2) is 0 Å². The molecule has 8 heteroatoms. The number of hydrogen-bond acceptors (Lipinski definition) is 5. The van der Waals surface area contributed by atoms with Crippen molar-refractivity contribution in [3.05, 3.63) is 58.1 Å². The first-order valence-electron chi connectivity index (χ1n) is 10.5. The number of nitrogens with zero attached hydrogens (tertiary/aromatic N) is 4. The maximum atomic E-state index is 14.0. The lowest BCUT2D eigenvalue weighted by molar-refractivity contribution is -0.125. The largest absolute Gasteiger partial charge is 0.395 e. The lowest BCUT2D eigenvalue weighted by Gasteiger charge is -2.53. The first kappa shape index (κ1) is 20.8. The molecular weight excluding hydrogens is 435 g/mol. The second-order valence-electron chi connectivity index (χ2n) is 8.43. The zero-order chi connectivity index (χ0) is 21.8. The van der Waals surface area contributed by atoms with Crippen LogP contribution in [-0.4, -0.2) is 60.5 Å². The van der Waals surface area contributed by atoms with E-state index in [4.69, 9.17) is 28.3 Å². The van der Waals surface area contributed by atoms with Crippen LogP contribution in [-0.2, 0) is 11.2 Å². The average molecular weight is 459 g/mol. The summed E-state index contributed by atoms with van der Waals surface area (Å²) < 4.78 is 0. The van der Waals surface area contributed by atoms with Gasteiger partial charge in [0.2, 0.25) is 0 Å². The number of aliphatic hydroxyl groups is 1. The number of halogens is 2. The van der Waals surface area contributed by atoms with Gasteiger partial charge in [0.05, 0.1) is 24.0 Å². The van der Waals surface area contributed by atoms with Gasteiger partial charge in [0, 0.05) is 41.9 Å². The molecule has 0 aromatic heterocycles. The highest BCUT2D eigenvalue weighted by Gasteiger charge is 2.59. The predicted molar refractivity (Wildman–Crippen MR) is 124 cm³/mol. The van der Waals surface area contributed by atoms with E-state index in [-0.39, 0.29) is 18.6 Å². The van der Waals surface area contributed by atoms with Crippen molar-refractivity contribution in [1.29, 1.82) is 0 Å². The average Bonchev–Trinajstić information content (AvgIpc) is 3.01. The second kappa shape index (κ2) is 7.78. The van der Waals surface area contributed by atoms with E-state index in [1.54, 1.807) is 12.1 Å². The summed E-state index contributed by atoms with van der Waals surface area (Å²) in [5.41, 5.74) is 2.96. The SMILES string of the molecule is CC1=NN(c2ccc(Cl)cc2)C(=O)[C@]12Cc1ccc(Cl)cc1N1CCN(CCO)C[C@@H]12. The maximum absolute atomic E-state index is 14.0. The summed E-state index contributed by atoms with van der Waals surface area (Å²) in [6.45, 7) is 4.91. The molecule has 5 rings (SSSR count). The molecule has 2 aromatic carbocycles. The van der Waals surface area contributed by atoms with Crippen molar-refractivity contribution in [3.63, 3.8) is 0 Å². The minimum atomic E-state index is -0.769. The van der Waals surface area contributed by atoms with E-state index in [0.29, 0.717) is 35.2 Å². The molecule has 1 N–H and O–H groups in total. The van der Waals surface area contributed by atoms with Crippen molar-refractivity contribution in [1.82, 2.24) is 4.90 Å². The maximum Gasteiger partial charge on any atom is 0.261 e. The quantitative estimate of drug-likeness (QED) is 0.764. The number of β-amino-alcohol motifs (C(OH)–C–C–N with tert-alkyl or cyclic N) is 1. The van der Waals surface area contributed by atoms with E-state index in [1.165, 1.54) is 5.01 Å². The molecule has 3 aliphatic heterocycles. The summed E-state index contributed by atoms with van der Waals surface area (Å²) in [6, 6.07) is 13.0. The van der Waals surface area contributed by atoms with Crippen LogP contribution in [0.25, 0.3) is 0 Å². The number of fused-ring (bicyclic) bond motifs is 4. The minimum absolute atomic E-state index is 0.0197. The van der Waals surface area contributed by atoms with Gasteiger partial charge >= 0.3 is 0 Å². The number of piperazine rings is 1. The zero-order valence-electron chi connectivity index (χ0n) is 17.3. The molecule has 2 atom stereocenters. The lowest BCUT2D eigenvalue weighted by atomic mass is 9.67. The monoisotopic (exact) mass is 458 g/mol. The smallest absolute Gasteiger partial charge is 0.261 e.